The van der Waals surface area contributed by atoms with Crippen molar-refractivity contribution in [1.82, 2.24) is 4.72 Å². The molecule has 0 unspecified atom stereocenters. The maximum absolute atomic E-state index is 12.4. The summed E-state index contributed by atoms with van der Waals surface area (Å²) < 4.78 is 27.2. The molecule has 1 aliphatic heterocycles. The Balaban J connectivity index is 1.98. The molecule has 28 heavy (non-hydrogen) atoms. The Morgan fingerprint density at radius 3 is 2.57 bits per heavy atom. The summed E-state index contributed by atoms with van der Waals surface area (Å²) in [6, 6.07) is 9.71. The van der Waals surface area contributed by atoms with Gasteiger partial charge in [-0.2, -0.15) is 5.10 Å². The highest BCUT2D eigenvalue weighted by atomic mass is 32.2. The van der Waals surface area contributed by atoms with E-state index in [2.05, 4.69) is 20.6 Å². The third kappa shape index (κ3) is 3.85. The summed E-state index contributed by atoms with van der Waals surface area (Å²) in [5.74, 6) is -0.549. The lowest BCUT2D eigenvalue weighted by atomic mass is 10.1. The van der Waals surface area contributed by atoms with Gasteiger partial charge in [-0.25, -0.2) is 13.1 Å². The molecule has 3 rings (SSSR count). The summed E-state index contributed by atoms with van der Waals surface area (Å²) in [6.07, 6.45) is 0. The second kappa shape index (κ2) is 7.37. The first-order chi connectivity index (χ1) is 13.2. The van der Waals surface area contributed by atoms with Crippen molar-refractivity contribution in [2.75, 3.05) is 10.7 Å². The predicted octanol–water partition coefficient (Wildman–Crippen LogP) is 2.05. The van der Waals surface area contributed by atoms with Gasteiger partial charge in [0.1, 0.15) is 5.69 Å². The number of rotatable bonds is 6. The standard InChI is InChI=1S/C17H17N5O5S/c1-10(2)21-28(26,27)11-7-8-13-12(9-11)16(17(23)18-13)20-19-14-5-3-4-6-15(14)22(24)25/h3-10,19,21H,1-2H3,(H,18,20,23). The summed E-state index contributed by atoms with van der Waals surface area (Å²) in [4.78, 5) is 22.7. The van der Waals surface area contributed by atoms with Gasteiger partial charge in [0, 0.05) is 17.7 Å². The van der Waals surface area contributed by atoms with E-state index in [0.29, 0.717) is 5.69 Å². The van der Waals surface area contributed by atoms with E-state index in [1.807, 2.05) is 0 Å². The van der Waals surface area contributed by atoms with Gasteiger partial charge in [0.2, 0.25) is 10.0 Å². The molecule has 1 amide bonds. The number of nitrogens with one attached hydrogen (secondary N) is 3. The number of hydrogen-bond donors (Lipinski definition) is 3. The minimum Gasteiger partial charge on any atom is -0.320 e. The number of fused-ring (bicyclic) bond motifs is 1. The molecule has 146 valence electrons. The van der Waals surface area contributed by atoms with Crippen LogP contribution in [0.2, 0.25) is 0 Å². The van der Waals surface area contributed by atoms with E-state index in [4.69, 9.17) is 0 Å². The number of sulfonamides is 1. The van der Waals surface area contributed by atoms with E-state index in [1.165, 1.54) is 36.4 Å². The summed E-state index contributed by atoms with van der Waals surface area (Å²) in [6.45, 7) is 3.39. The molecule has 0 spiro atoms. The van der Waals surface area contributed by atoms with Gasteiger partial charge in [-0.15, -0.1) is 0 Å². The van der Waals surface area contributed by atoms with Crippen LogP contribution < -0.4 is 15.5 Å². The van der Waals surface area contributed by atoms with Gasteiger partial charge in [0.25, 0.3) is 11.6 Å². The number of nitrogens with zero attached hydrogens (tertiary/aromatic N) is 2. The number of anilines is 2. The topological polar surface area (TPSA) is 143 Å². The van der Waals surface area contributed by atoms with Crippen molar-refractivity contribution in [3.8, 4) is 0 Å². The Morgan fingerprint density at radius 2 is 1.89 bits per heavy atom. The van der Waals surface area contributed by atoms with Gasteiger partial charge >= 0.3 is 0 Å². The molecule has 0 saturated carbocycles. The molecule has 0 saturated heterocycles. The van der Waals surface area contributed by atoms with Crippen LogP contribution in [0.15, 0.2) is 52.5 Å². The SMILES string of the molecule is CC(C)NS(=O)(=O)c1ccc2c(c1)/C(=N/Nc1ccccc1[N+](=O)[O-])C(=O)N2. The van der Waals surface area contributed by atoms with Crippen molar-refractivity contribution in [3.05, 3.63) is 58.1 Å². The number of nitro groups is 1. The van der Waals surface area contributed by atoms with Crippen molar-refractivity contribution >= 4 is 38.7 Å². The molecule has 11 heteroatoms. The zero-order valence-electron chi connectivity index (χ0n) is 15.0. The second-order valence-corrected chi connectivity index (χ2v) is 8.00. The molecule has 1 aliphatic rings. The number of carbonyl (C=O) groups excluding carboxylic acids is 1. The van der Waals surface area contributed by atoms with Crippen molar-refractivity contribution in [1.29, 1.82) is 0 Å². The lowest BCUT2D eigenvalue weighted by molar-refractivity contribution is -0.384. The first kappa shape index (κ1) is 19.5. The van der Waals surface area contributed by atoms with Crippen LogP contribution in [0.25, 0.3) is 0 Å². The number of nitro benzene ring substituents is 1. The molecule has 0 fully saturated rings. The van der Waals surface area contributed by atoms with Crippen LogP contribution >= 0.6 is 0 Å². The minimum atomic E-state index is -3.76. The van der Waals surface area contributed by atoms with Crippen molar-refractivity contribution in [2.45, 2.75) is 24.8 Å². The molecule has 2 aromatic rings. The second-order valence-electron chi connectivity index (χ2n) is 6.28. The third-order valence-electron chi connectivity index (χ3n) is 3.80. The van der Waals surface area contributed by atoms with Crippen molar-refractivity contribution in [3.63, 3.8) is 0 Å². The smallest absolute Gasteiger partial charge is 0.294 e. The highest BCUT2D eigenvalue weighted by Crippen LogP contribution is 2.28. The molecule has 0 radical (unpaired) electrons. The van der Waals surface area contributed by atoms with Crippen LogP contribution in [-0.2, 0) is 14.8 Å². The van der Waals surface area contributed by atoms with E-state index >= 15 is 0 Å². The lowest BCUT2D eigenvalue weighted by Crippen LogP contribution is -2.30. The monoisotopic (exact) mass is 403 g/mol. The normalized spacial score (nSPS) is 14.8. The molecule has 0 bridgehead atoms. The number of para-hydroxylation sites is 2. The highest BCUT2D eigenvalue weighted by molar-refractivity contribution is 7.89. The average molecular weight is 403 g/mol. The molecule has 10 nitrogen and oxygen atoms in total. The first-order valence-corrected chi connectivity index (χ1v) is 9.72. The average Bonchev–Trinajstić information content (AvgIpc) is 2.93. The molecular formula is C17H17N5O5S. The van der Waals surface area contributed by atoms with E-state index in [9.17, 15) is 23.3 Å². The fourth-order valence-electron chi connectivity index (χ4n) is 2.63. The predicted molar refractivity (Wildman–Crippen MR) is 104 cm³/mol. The van der Waals surface area contributed by atoms with Crippen LogP contribution in [0.3, 0.4) is 0 Å². The zero-order valence-corrected chi connectivity index (χ0v) is 15.8. The van der Waals surface area contributed by atoms with Crippen LogP contribution in [0.1, 0.15) is 19.4 Å². The number of hydrogen-bond acceptors (Lipinski definition) is 7. The van der Waals surface area contributed by atoms with Crippen LogP contribution in [0, 0.1) is 10.1 Å². The van der Waals surface area contributed by atoms with Gasteiger partial charge in [0.15, 0.2) is 5.71 Å². The number of amides is 1. The quantitative estimate of drug-likeness (QED) is 0.498. The molecular weight excluding hydrogens is 386 g/mol. The van der Waals surface area contributed by atoms with Crippen LogP contribution in [0.4, 0.5) is 17.1 Å². The van der Waals surface area contributed by atoms with E-state index < -0.39 is 20.9 Å². The zero-order chi connectivity index (χ0) is 20.5. The lowest BCUT2D eigenvalue weighted by Gasteiger charge is -2.10. The highest BCUT2D eigenvalue weighted by Gasteiger charge is 2.29. The fourth-order valence-corrected chi connectivity index (χ4v) is 3.91. The van der Waals surface area contributed by atoms with Gasteiger partial charge in [-0.05, 0) is 38.1 Å². The third-order valence-corrected chi connectivity index (χ3v) is 5.46. The minimum absolute atomic E-state index is 0.0187. The maximum atomic E-state index is 12.4. The molecule has 0 aliphatic carbocycles. The van der Waals surface area contributed by atoms with E-state index in [1.54, 1.807) is 19.9 Å². The molecule has 0 aromatic heterocycles. The fraction of sp³-hybridized carbons (Fsp3) is 0.176. The summed E-state index contributed by atoms with van der Waals surface area (Å²) in [5.41, 5.74) is 3.02. The first-order valence-electron chi connectivity index (χ1n) is 8.24. The summed E-state index contributed by atoms with van der Waals surface area (Å²) in [5, 5.41) is 17.6. The van der Waals surface area contributed by atoms with Gasteiger partial charge < -0.3 is 5.32 Å². The largest absolute Gasteiger partial charge is 0.320 e. The van der Waals surface area contributed by atoms with Crippen molar-refractivity contribution in [2.24, 2.45) is 5.10 Å². The Bertz CT molecular complexity index is 1090. The Hall–Kier alpha value is -3.31. The van der Waals surface area contributed by atoms with Crippen LogP contribution in [-0.4, -0.2) is 31.0 Å². The van der Waals surface area contributed by atoms with Gasteiger partial charge in [-0.3, -0.25) is 20.3 Å². The maximum Gasteiger partial charge on any atom is 0.294 e. The number of hydrazone groups is 1. The van der Waals surface area contributed by atoms with Crippen LogP contribution in [0.5, 0.6) is 0 Å². The summed E-state index contributed by atoms with van der Waals surface area (Å²) >= 11 is 0. The van der Waals surface area contributed by atoms with E-state index in [0.717, 1.165) is 0 Å². The summed E-state index contributed by atoms with van der Waals surface area (Å²) in [7, 11) is -3.76. The van der Waals surface area contributed by atoms with Crippen molar-refractivity contribution < 1.29 is 18.1 Å². The van der Waals surface area contributed by atoms with Gasteiger partial charge in [-0.1, -0.05) is 12.1 Å². The molecule has 1 heterocycles. The Morgan fingerprint density at radius 1 is 1.18 bits per heavy atom. The van der Waals surface area contributed by atoms with E-state index in [-0.39, 0.29) is 33.6 Å². The van der Waals surface area contributed by atoms with Gasteiger partial charge in [0.05, 0.1) is 15.5 Å². The molecule has 2 aromatic carbocycles. The Kier molecular flexibility index (Phi) is 5.12. The molecule has 0 atom stereocenters. The number of benzene rings is 2. The molecule has 3 N–H and O–H groups in total. The Labute approximate surface area is 160 Å². The number of carbonyl (C=O) groups is 1.